The van der Waals surface area contributed by atoms with Gasteiger partial charge in [0.25, 0.3) is 0 Å². The molecule has 0 aliphatic heterocycles. The van der Waals surface area contributed by atoms with Gasteiger partial charge in [0.1, 0.15) is 29.0 Å². The number of hydrogen-bond donors (Lipinski definition) is 0. The number of ether oxygens (including phenoxy) is 2. The highest BCUT2D eigenvalue weighted by atomic mass is 19.4. The molecule has 0 aliphatic rings. The predicted molar refractivity (Wildman–Crippen MR) is 139 cm³/mol. The van der Waals surface area contributed by atoms with Gasteiger partial charge in [0.05, 0.1) is 6.61 Å². The summed E-state index contributed by atoms with van der Waals surface area (Å²) >= 11 is 0. The van der Waals surface area contributed by atoms with Crippen molar-refractivity contribution in [1.82, 2.24) is 0 Å². The van der Waals surface area contributed by atoms with Crippen molar-refractivity contribution in [2.24, 2.45) is 0 Å². The highest BCUT2D eigenvalue weighted by Crippen LogP contribution is 2.26. The number of hydrogen-bond acceptors (Lipinski definition) is 2. The van der Waals surface area contributed by atoms with E-state index in [2.05, 4.69) is 0 Å². The minimum absolute atomic E-state index is 0.0135. The molecular formula is C31H28F6O2. The molecule has 0 aromatic heterocycles. The van der Waals surface area contributed by atoms with Gasteiger partial charge in [-0.05, 0) is 66.3 Å². The van der Waals surface area contributed by atoms with E-state index in [1.807, 2.05) is 19.1 Å². The van der Waals surface area contributed by atoms with E-state index in [1.165, 1.54) is 24.3 Å². The van der Waals surface area contributed by atoms with Crippen molar-refractivity contribution < 1.29 is 35.8 Å². The monoisotopic (exact) mass is 546 g/mol. The largest absolute Gasteiger partial charge is 0.493 e. The number of rotatable bonds is 11. The molecule has 4 aromatic rings. The van der Waals surface area contributed by atoms with Gasteiger partial charge in [0, 0.05) is 23.1 Å². The zero-order valence-corrected chi connectivity index (χ0v) is 21.4. The Morgan fingerprint density at radius 3 is 2.00 bits per heavy atom. The van der Waals surface area contributed by atoms with Gasteiger partial charge in [0.15, 0.2) is 6.61 Å². The molecule has 0 heterocycles. The number of benzene rings is 4. The second-order valence-electron chi connectivity index (χ2n) is 9.36. The molecule has 39 heavy (non-hydrogen) atoms. The van der Waals surface area contributed by atoms with Crippen molar-refractivity contribution in [1.29, 1.82) is 0 Å². The van der Waals surface area contributed by atoms with Crippen LogP contribution in [0.25, 0.3) is 10.8 Å². The standard InChI is InChI=1S/C31H28F6O2/c1-2-15-38-25-17-28(32)27(29(33)18-25)14-7-21-6-13-26-23(16-21)10-9-22(30(26)34)8-3-20-4-11-24(12-5-20)39-19-31(35,36)37/h4-6,9-13,16-18H,2-3,7-8,14-15,19H2,1H3. The lowest BCUT2D eigenvalue weighted by atomic mass is 9.97. The number of fused-ring (bicyclic) bond motifs is 1. The molecule has 0 amide bonds. The quantitative estimate of drug-likeness (QED) is 0.176. The van der Waals surface area contributed by atoms with E-state index in [4.69, 9.17) is 9.47 Å². The third-order valence-corrected chi connectivity index (χ3v) is 6.36. The maximum atomic E-state index is 15.2. The maximum Gasteiger partial charge on any atom is 0.422 e. The average molecular weight is 547 g/mol. The molecular weight excluding hydrogens is 518 g/mol. The zero-order chi connectivity index (χ0) is 28.0. The van der Waals surface area contributed by atoms with Crippen LogP contribution in [0.15, 0.2) is 66.7 Å². The fraction of sp³-hybridized carbons (Fsp3) is 0.290. The average Bonchev–Trinajstić information content (AvgIpc) is 2.90. The van der Waals surface area contributed by atoms with Gasteiger partial charge in [-0.2, -0.15) is 13.2 Å². The first kappa shape index (κ1) is 28.3. The van der Waals surface area contributed by atoms with Gasteiger partial charge in [-0.25, -0.2) is 13.2 Å². The van der Waals surface area contributed by atoms with Crippen LogP contribution >= 0.6 is 0 Å². The zero-order valence-electron chi connectivity index (χ0n) is 21.4. The van der Waals surface area contributed by atoms with Crippen LogP contribution in [0.4, 0.5) is 26.3 Å². The SMILES string of the molecule is CCCOc1cc(F)c(CCc2ccc3c(F)c(CCc4ccc(OCC(F)(F)F)cc4)ccc3c2)c(F)c1. The Kier molecular flexibility index (Phi) is 9.04. The summed E-state index contributed by atoms with van der Waals surface area (Å²) in [5.41, 5.74) is 2.17. The number of halogens is 6. The number of aryl methyl sites for hydroxylation is 3. The molecule has 0 N–H and O–H groups in total. The highest BCUT2D eigenvalue weighted by molar-refractivity contribution is 5.84. The van der Waals surface area contributed by atoms with Crippen LogP contribution in [0.5, 0.6) is 11.5 Å². The summed E-state index contributed by atoms with van der Waals surface area (Å²) in [6.07, 6.45) is -2.24. The highest BCUT2D eigenvalue weighted by Gasteiger charge is 2.28. The summed E-state index contributed by atoms with van der Waals surface area (Å²) in [4.78, 5) is 0. The van der Waals surface area contributed by atoms with E-state index >= 15 is 4.39 Å². The van der Waals surface area contributed by atoms with E-state index in [9.17, 15) is 22.0 Å². The van der Waals surface area contributed by atoms with Crippen molar-refractivity contribution in [3.63, 3.8) is 0 Å². The molecule has 2 nitrogen and oxygen atoms in total. The number of alkyl halides is 3. The first-order valence-electron chi connectivity index (χ1n) is 12.7. The molecule has 8 heteroatoms. The van der Waals surface area contributed by atoms with E-state index in [-0.39, 0.29) is 29.3 Å². The van der Waals surface area contributed by atoms with Gasteiger partial charge in [0.2, 0.25) is 0 Å². The van der Waals surface area contributed by atoms with Crippen molar-refractivity contribution in [3.8, 4) is 11.5 Å². The molecule has 4 aromatic carbocycles. The van der Waals surface area contributed by atoms with Crippen molar-refractivity contribution in [2.75, 3.05) is 13.2 Å². The Labute approximate surface area is 223 Å². The molecule has 0 unspecified atom stereocenters. The van der Waals surface area contributed by atoms with Gasteiger partial charge in [-0.15, -0.1) is 0 Å². The molecule has 0 fully saturated rings. The summed E-state index contributed by atoms with van der Waals surface area (Å²) in [7, 11) is 0. The smallest absolute Gasteiger partial charge is 0.422 e. The van der Waals surface area contributed by atoms with Crippen LogP contribution in [0.3, 0.4) is 0 Å². The van der Waals surface area contributed by atoms with E-state index in [0.29, 0.717) is 42.2 Å². The predicted octanol–water partition coefficient (Wildman–Crippen LogP) is 8.56. The van der Waals surface area contributed by atoms with Crippen molar-refractivity contribution in [3.05, 3.63) is 106 Å². The molecule has 0 radical (unpaired) electrons. The maximum absolute atomic E-state index is 15.2. The van der Waals surface area contributed by atoms with Gasteiger partial charge < -0.3 is 9.47 Å². The van der Waals surface area contributed by atoms with Gasteiger partial charge >= 0.3 is 6.18 Å². The molecule has 0 atom stereocenters. The van der Waals surface area contributed by atoms with Crippen molar-refractivity contribution in [2.45, 2.75) is 45.2 Å². The fourth-order valence-electron chi connectivity index (χ4n) is 4.32. The van der Waals surface area contributed by atoms with E-state index < -0.39 is 24.4 Å². The van der Waals surface area contributed by atoms with Crippen LogP contribution in [0.1, 0.15) is 35.6 Å². The Morgan fingerprint density at radius 2 is 1.33 bits per heavy atom. The molecule has 206 valence electrons. The molecule has 0 spiro atoms. The van der Waals surface area contributed by atoms with Crippen LogP contribution in [0, 0.1) is 17.5 Å². The Morgan fingerprint density at radius 1 is 0.667 bits per heavy atom. The molecule has 0 saturated carbocycles. The third-order valence-electron chi connectivity index (χ3n) is 6.36. The minimum Gasteiger partial charge on any atom is -0.493 e. The molecule has 0 aliphatic carbocycles. The first-order valence-corrected chi connectivity index (χ1v) is 12.7. The molecule has 4 rings (SSSR count). The lowest BCUT2D eigenvalue weighted by molar-refractivity contribution is -0.153. The van der Waals surface area contributed by atoms with Crippen LogP contribution in [0.2, 0.25) is 0 Å². The lowest BCUT2D eigenvalue weighted by Crippen LogP contribution is -2.19. The topological polar surface area (TPSA) is 18.5 Å². The summed E-state index contributed by atoms with van der Waals surface area (Å²) in [6, 6.07) is 17.4. The fourth-order valence-corrected chi connectivity index (χ4v) is 4.32. The Balaban J connectivity index is 1.39. The van der Waals surface area contributed by atoms with Gasteiger partial charge in [-0.3, -0.25) is 0 Å². The summed E-state index contributed by atoms with van der Waals surface area (Å²) in [5.74, 6) is -1.36. The second-order valence-corrected chi connectivity index (χ2v) is 9.36. The normalized spacial score (nSPS) is 11.7. The van der Waals surface area contributed by atoms with Crippen LogP contribution in [-0.2, 0) is 25.7 Å². The summed E-state index contributed by atoms with van der Waals surface area (Å²) in [6.45, 7) is 0.930. The van der Waals surface area contributed by atoms with E-state index in [0.717, 1.165) is 17.5 Å². The van der Waals surface area contributed by atoms with Gasteiger partial charge in [-0.1, -0.05) is 49.4 Å². The Hall–Kier alpha value is -3.68. The minimum atomic E-state index is -4.40. The van der Waals surface area contributed by atoms with Crippen LogP contribution in [-0.4, -0.2) is 19.4 Å². The second kappa shape index (κ2) is 12.5. The Bertz CT molecular complexity index is 1390. The lowest BCUT2D eigenvalue weighted by Gasteiger charge is -2.11. The third kappa shape index (κ3) is 7.68. The molecule has 0 bridgehead atoms. The van der Waals surface area contributed by atoms with Crippen molar-refractivity contribution >= 4 is 10.8 Å². The van der Waals surface area contributed by atoms with Crippen LogP contribution < -0.4 is 9.47 Å². The summed E-state index contributed by atoms with van der Waals surface area (Å²) < 4.78 is 91.1. The summed E-state index contributed by atoms with van der Waals surface area (Å²) in [5, 5.41) is 1.13. The first-order chi connectivity index (χ1) is 18.6. The molecule has 0 saturated heterocycles. The van der Waals surface area contributed by atoms with E-state index in [1.54, 1.807) is 30.3 Å².